The molecule has 0 amide bonds. The normalized spacial score (nSPS) is 11.6. The Morgan fingerprint density at radius 1 is 0.565 bits per heavy atom. The highest BCUT2D eigenvalue weighted by Gasteiger charge is 2.21. The highest BCUT2D eigenvalue weighted by Crippen LogP contribution is 2.29. The number of hydrogen-bond acceptors (Lipinski definition) is 11. The maximum atomic E-state index is 12.0. The highest BCUT2D eigenvalue weighted by atomic mass is 16.6. The molecule has 0 aliphatic rings. The van der Waals surface area contributed by atoms with Gasteiger partial charge in [-0.3, -0.25) is 0 Å². The van der Waals surface area contributed by atoms with Gasteiger partial charge in [0.25, 0.3) is 0 Å². The van der Waals surface area contributed by atoms with Gasteiger partial charge < -0.3 is 33.2 Å². The van der Waals surface area contributed by atoms with Gasteiger partial charge >= 0.3 is 23.9 Å². The molecule has 0 N–H and O–H groups in total. The number of benzene rings is 2. The average Bonchev–Trinajstić information content (AvgIpc) is 3.00. The first-order valence-corrected chi connectivity index (χ1v) is 14.2. The molecule has 0 bridgehead atoms. The van der Waals surface area contributed by atoms with E-state index in [1.807, 2.05) is 6.92 Å². The average molecular weight is 637 g/mol. The summed E-state index contributed by atoms with van der Waals surface area (Å²) in [5, 5.41) is 0. The van der Waals surface area contributed by atoms with E-state index >= 15 is 0 Å². The summed E-state index contributed by atoms with van der Waals surface area (Å²) in [6, 6.07) is 11.9. The van der Waals surface area contributed by atoms with E-state index in [0.29, 0.717) is 23.0 Å². The van der Waals surface area contributed by atoms with E-state index in [4.69, 9.17) is 33.2 Å². The van der Waals surface area contributed by atoms with Gasteiger partial charge in [-0.15, -0.1) is 0 Å². The number of carbonyl (C=O) groups excluding carboxylic acids is 4. The summed E-state index contributed by atoms with van der Waals surface area (Å²) in [6.45, 7) is 21.5. The van der Waals surface area contributed by atoms with Gasteiger partial charge in [0, 0.05) is 22.3 Å². The molecular weight excluding hydrogens is 596 g/mol. The number of aryl methyl sites for hydroxylation is 1. The second-order valence-corrected chi connectivity index (χ2v) is 10.5. The Morgan fingerprint density at radius 2 is 0.978 bits per heavy atom. The minimum absolute atomic E-state index is 0.0748. The minimum atomic E-state index is -0.872. The predicted molar refractivity (Wildman–Crippen MR) is 170 cm³/mol. The standard InChI is InChI=1S/C35H40O11/c1-21(2)32(36)42-19-29(45-34(38)23(5)6)17-40-26-10-12-27(13-11-26)44-28-14-15-31(25(9)16-28)41-18-30(46-35(39)24(7)8)20-43-33(37)22(3)4/h10-16,29-30H,1,3,5,7,17-20H2,2,4,6,8-9H3. The number of ether oxygens (including phenoxy) is 7. The Bertz CT molecular complexity index is 1470. The minimum Gasteiger partial charge on any atom is -0.490 e. The molecule has 0 saturated carbocycles. The highest BCUT2D eigenvalue weighted by molar-refractivity contribution is 5.88. The third-order valence-corrected chi connectivity index (χ3v) is 5.81. The van der Waals surface area contributed by atoms with Crippen LogP contribution in [-0.2, 0) is 38.1 Å². The molecule has 2 aromatic carbocycles. The second-order valence-electron chi connectivity index (χ2n) is 10.5. The van der Waals surface area contributed by atoms with Crippen molar-refractivity contribution in [3.8, 4) is 23.0 Å². The fraction of sp³-hybridized carbons (Fsp3) is 0.314. The Kier molecular flexibility index (Phi) is 14.3. The van der Waals surface area contributed by atoms with E-state index in [9.17, 15) is 19.2 Å². The van der Waals surface area contributed by atoms with Gasteiger partial charge in [0.2, 0.25) is 0 Å². The second kappa shape index (κ2) is 17.8. The van der Waals surface area contributed by atoms with E-state index in [0.717, 1.165) is 5.56 Å². The molecular formula is C35H40O11. The zero-order valence-corrected chi connectivity index (χ0v) is 26.8. The third-order valence-electron chi connectivity index (χ3n) is 5.81. The van der Waals surface area contributed by atoms with Gasteiger partial charge in [-0.05, 0) is 82.6 Å². The molecule has 2 atom stereocenters. The summed E-state index contributed by atoms with van der Waals surface area (Å²) >= 11 is 0. The topological polar surface area (TPSA) is 133 Å². The molecule has 2 rings (SSSR count). The molecule has 0 saturated heterocycles. The van der Waals surface area contributed by atoms with Crippen LogP contribution >= 0.6 is 0 Å². The van der Waals surface area contributed by atoms with Crippen molar-refractivity contribution in [3.63, 3.8) is 0 Å². The van der Waals surface area contributed by atoms with Crippen molar-refractivity contribution < 1.29 is 52.3 Å². The summed E-state index contributed by atoms with van der Waals surface area (Å²) in [5.41, 5.74) is 1.57. The summed E-state index contributed by atoms with van der Waals surface area (Å²) in [7, 11) is 0. The van der Waals surface area contributed by atoms with Crippen LogP contribution in [0.1, 0.15) is 33.3 Å². The van der Waals surface area contributed by atoms with Crippen molar-refractivity contribution in [1.29, 1.82) is 0 Å². The fourth-order valence-electron chi connectivity index (χ4n) is 3.28. The predicted octanol–water partition coefficient (Wildman–Crippen LogP) is 5.76. The number of carbonyl (C=O) groups is 4. The van der Waals surface area contributed by atoms with Crippen LogP contribution < -0.4 is 14.2 Å². The fourth-order valence-corrected chi connectivity index (χ4v) is 3.28. The molecule has 246 valence electrons. The van der Waals surface area contributed by atoms with Crippen LogP contribution in [0.15, 0.2) is 91.1 Å². The Labute approximate surface area is 269 Å². The Hall–Kier alpha value is -5.32. The van der Waals surface area contributed by atoms with Crippen molar-refractivity contribution in [3.05, 3.63) is 96.6 Å². The van der Waals surface area contributed by atoms with Crippen molar-refractivity contribution >= 4 is 23.9 Å². The van der Waals surface area contributed by atoms with E-state index < -0.39 is 36.1 Å². The van der Waals surface area contributed by atoms with Crippen LogP contribution in [0.25, 0.3) is 0 Å². The molecule has 0 aliphatic carbocycles. The number of rotatable bonds is 18. The van der Waals surface area contributed by atoms with Crippen molar-refractivity contribution in [2.75, 3.05) is 26.4 Å². The lowest BCUT2D eigenvalue weighted by Crippen LogP contribution is -2.31. The van der Waals surface area contributed by atoms with Crippen molar-refractivity contribution in [2.45, 2.75) is 46.8 Å². The van der Waals surface area contributed by atoms with Crippen molar-refractivity contribution in [1.82, 2.24) is 0 Å². The van der Waals surface area contributed by atoms with E-state index in [2.05, 4.69) is 26.3 Å². The molecule has 0 radical (unpaired) electrons. The van der Waals surface area contributed by atoms with Crippen LogP contribution in [0.4, 0.5) is 0 Å². The molecule has 0 fully saturated rings. The van der Waals surface area contributed by atoms with Crippen LogP contribution in [0.3, 0.4) is 0 Å². The van der Waals surface area contributed by atoms with E-state index in [-0.39, 0.29) is 48.7 Å². The van der Waals surface area contributed by atoms with Gasteiger partial charge in [-0.1, -0.05) is 26.3 Å². The first-order valence-electron chi connectivity index (χ1n) is 14.2. The van der Waals surface area contributed by atoms with Gasteiger partial charge in [0.05, 0.1) is 0 Å². The first kappa shape index (κ1) is 36.9. The lowest BCUT2D eigenvalue weighted by atomic mass is 10.2. The summed E-state index contributed by atoms with van der Waals surface area (Å²) in [4.78, 5) is 47.6. The molecule has 46 heavy (non-hydrogen) atoms. The van der Waals surface area contributed by atoms with Crippen LogP contribution in [0.2, 0.25) is 0 Å². The van der Waals surface area contributed by atoms with Gasteiger partial charge in [0.1, 0.15) is 49.4 Å². The zero-order valence-electron chi connectivity index (χ0n) is 26.8. The maximum absolute atomic E-state index is 12.0. The molecule has 2 aromatic rings. The van der Waals surface area contributed by atoms with E-state index in [1.54, 1.807) is 42.5 Å². The Morgan fingerprint density at radius 3 is 1.41 bits per heavy atom. The first-order chi connectivity index (χ1) is 21.7. The smallest absolute Gasteiger partial charge is 0.333 e. The summed E-state index contributed by atoms with van der Waals surface area (Å²) in [5.74, 6) is -0.457. The lowest BCUT2D eigenvalue weighted by molar-refractivity contribution is -0.155. The van der Waals surface area contributed by atoms with Gasteiger partial charge in [0.15, 0.2) is 12.2 Å². The molecule has 0 aliphatic heterocycles. The quantitative estimate of drug-likeness (QED) is 0.112. The molecule has 11 heteroatoms. The Balaban J connectivity index is 1.99. The molecule has 0 spiro atoms. The monoisotopic (exact) mass is 636 g/mol. The summed E-state index contributed by atoms with van der Waals surface area (Å²) < 4.78 is 38.5. The van der Waals surface area contributed by atoms with Crippen LogP contribution in [0.5, 0.6) is 23.0 Å². The van der Waals surface area contributed by atoms with E-state index in [1.165, 1.54) is 27.7 Å². The molecule has 2 unspecified atom stereocenters. The molecule has 0 heterocycles. The molecule has 11 nitrogen and oxygen atoms in total. The van der Waals surface area contributed by atoms with Gasteiger partial charge in [-0.25, -0.2) is 19.2 Å². The number of hydrogen-bond donors (Lipinski definition) is 0. The lowest BCUT2D eigenvalue weighted by Gasteiger charge is -2.20. The third kappa shape index (κ3) is 12.7. The summed E-state index contributed by atoms with van der Waals surface area (Å²) in [6.07, 6.45) is -1.74. The van der Waals surface area contributed by atoms with Crippen molar-refractivity contribution in [2.24, 2.45) is 0 Å². The van der Waals surface area contributed by atoms with Crippen LogP contribution in [0, 0.1) is 6.92 Å². The largest absolute Gasteiger partial charge is 0.490 e. The number of esters is 4. The van der Waals surface area contributed by atoms with Gasteiger partial charge in [-0.2, -0.15) is 0 Å². The zero-order chi connectivity index (χ0) is 34.4. The SMILES string of the molecule is C=C(C)C(=O)OCC(COc1ccc(Oc2ccc(OCC(COC(=O)C(=C)C)OC(=O)C(=C)C)c(C)c2)cc1)OC(=O)C(=C)C. The maximum Gasteiger partial charge on any atom is 0.333 e. The van der Waals surface area contributed by atoms with Crippen LogP contribution in [-0.4, -0.2) is 62.5 Å². The molecule has 0 aromatic heterocycles.